The Morgan fingerprint density at radius 2 is 2.28 bits per heavy atom. The average Bonchev–Trinajstić information content (AvgIpc) is 2.32. The molecule has 0 aliphatic heterocycles. The Labute approximate surface area is 106 Å². The van der Waals surface area contributed by atoms with Crippen LogP contribution in [0.2, 0.25) is 0 Å². The van der Waals surface area contributed by atoms with E-state index < -0.39 is 5.82 Å². The first-order valence-corrected chi connectivity index (χ1v) is 6.00. The standard InChI is InChI=1S/C14H15FN2O/c15-13-7-6-10(3-2-8-16)9-12(13)14(18)17-11-4-1-5-11/h6-7,9,11H,1,4-5,8,16H2,(H,17,18). The van der Waals surface area contributed by atoms with Crippen molar-refractivity contribution in [2.75, 3.05) is 6.54 Å². The van der Waals surface area contributed by atoms with E-state index >= 15 is 0 Å². The maximum atomic E-state index is 13.6. The molecule has 0 aromatic heterocycles. The van der Waals surface area contributed by atoms with Crippen LogP contribution in [0.3, 0.4) is 0 Å². The van der Waals surface area contributed by atoms with Gasteiger partial charge in [-0.3, -0.25) is 4.79 Å². The van der Waals surface area contributed by atoms with E-state index in [0.717, 1.165) is 19.3 Å². The van der Waals surface area contributed by atoms with Crippen LogP contribution < -0.4 is 11.1 Å². The molecular weight excluding hydrogens is 231 g/mol. The Morgan fingerprint density at radius 1 is 1.50 bits per heavy atom. The van der Waals surface area contributed by atoms with Crippen LogP contribution in [0.25, 0.3) is 0 Å². The third kappa shape index (κ3) is 2.88. The number of rotatable bonds is 2. The summed E-state index contributed by atoms with van der Waals surface area (Å²) >= 11 is 0. The minimum absolute atomic E-state index is 0.0470. The molecule has 94 valence electrons. The third-order valence-electron chi connectivity index (χ3n) is 2.99. The Balaban J connectivity index is 2.16. The molecule has 0 saturated heterocycles. The normalized spacial score (nSPS) is 14.3. The second-order valence-corrected chi connectivity index (χ2v) is 4.30. The summed E-state index contributed by atoms with van der Waals surface area (Å²) in [5.41, 5.74) is 5.91. The van der Waals surface area contributed by atoms with Crippen molar-refractivity contribution >= 4 is 5.91 Å². The Kier molecular flexibility index (Phi) is 3.96. The highest BCUT2D eigenvalue weighted by Gasteiger charge is 2.21. The van der Waals surface area contributed by atoms with E-state index in [-0.39, 0.29) is 24.1 Å². The van der Waals surface area contributed by atoms with Crippen LogP contribution in [0.15, 0.2) is 18.2 Å². The highest BCUT2D eigenvalue weighted by molar-refractivity contribution is 5.95. The fourth-order valence-electron chi connectivity index (χ4n) is 1.75. The SMILES string of the molecule is NCC#Cc1ccc(F)c(C(=O)NC2CCC2)c1. The second-order valence-electron chi connectivity index (χ2n) is 4.30. The van der Waals surface area contributed by atoms with E-state index in [9.17, 15) is 9.18 Å². The van der Waals surface area contributed by atoms with Crippen LogP contribution in [-0.4, -0.2) is 18.5 Å². The van der Waals surface area contributed by atoms with Gasteiger partial charge in [-0.25, -0.2) is 4.39 Å². The predicted molar refractivity (Wildman–Crippen MR) is 67.4 cm³/mol. The molecule has 1 amide bonds. The number of halogens is 1. The number of carbonyl (C=O) groups is 1. The number of nitrogens with two attached hydrogens (primary N) is 1. The summed E-state index contributed by atoms with van der Waals surface area (Å²) in [4.78, 5) is 11.9. The first-order chi connectivity index (χ1) is 8.70. The van der Waals surface area contributed by atoms with Crippen molar-refractivity contribution in [3.63, 3.8) is 0 Å². The van der Waals surface area contributed by atoms with Crippen LogP contribution in [0.5, 0.6) is 0 Å². The highest BCUT2D eigenvalue weighted by Crippen LogP contribution is 2.19. The molecule has 0 radical (unpaired) electrons. The molecule has 3 nitrogen and oxygen atoms in total. The number of hydrogen-bond donors (Lipinski definition) is 2. The fourth-order valence-corrected chi connectivity index (χ4v) is 1.75. The molecule has 3 N–H and O–H groups in total. The zero-order valence-corrected chi connectivity index (χ0v) is 10.0. The minimum Gasteiger partial charge on any atom is -0.349 e. The van der Waals surface area contributed by atoms with Crippen molar-refractivity contribution in [1.82, 2.24) is 5.32 Å². The number of amides is 1. The summed E-state index contributed by atoms with van der Waals surface area (Å²) in [6, 6.07) is 4.45. The van der Waals surface area contributed by atoms with Crippen molar-refractivity contribution < 1.29 is 9.18 Å². The van der Waals surface area contributed by atoms with Crippen molar-refractivity contribution in [2.45, 2.75) is 25.3 Å². The zero-order chi connectivity index (χ0) is 13.0. The van der Waals surface area contributed by atoms with Gasteiger partial charge in [0.15, 0.2) is 0 Å². The molecular formula is C14H15FN2O. The average molecular weight is 246 g/mol. The van der Waals surface area contributed by atoms with Gasteiger partial charge < -0.3 is 11.1 Å². The van der Waals surface area contributed by atoms with E-state index in [4.69, 9.17) is 5.73 Å². The molecule has 4 heteroatoms. The lowest BCUT2D eigenvalue weighted by Crippen LogP contribution is -2.39. The van der Waals surface area contributed by atoms with Gasteiger partial charge in [0, 0.05) is 11.6 Å². The monoisotopic (exact) mass is 246 g/mol. The Morgan fingerprint density at radius 3 is 2.89 bits per heavy atom. The van der Waals surface area contributed by atoms with Gasteiger partial charge in [-0.15, -0.1) is 0 Å². The van der Waals surface area contributed by atoms with Gasteiger partial charge in [-0.1, -0.05) is 11.8 Å². The van der Waals surface area contributed by atoms with Crippen molar-refractivity contribution in [1.29, 1.82) is 0 Å². The number of nitrogens with one attached hydrogen (secondary N) is 1. The summed E-state index contributed by atoms with van der Waals surface area (Å²) in [5.74, 6) is 4.57. The van der Waals surface area contributed by atoms with E-state index in [1.807, 2.05) is 0 Å². The largest absolute Gasteiger partial charge is 0.349 e. The number of hydrogen-bond acceptors (Lipinski definition) is 2. The summed E-state index contributed by atoms with van der Waals surface area (Å²) in [6.45, 7) is 0.237. The molecule has 18 heavy (non-hydrogen) atoms. The molecule has 1 aliphatic carbocycles. The molecule has 2 rings (SSSR count). The summed E-state index contributed by atoms with van der Waals surface area (Å²) in [7, 11) is 0. The van der Waals surface area contributed by atoms with Crippen molar-refractivity contribution in [3.8, 4) is 11.8 Å². The molecule has 0 spiro atoms. The minimum atomic E-state index is -0.523. The van der Waals surface area contributed by atoms with E-state index in [0.29, 0.717) is 5.56 Å². The van der Waals surface area contributed by atoms with E-state index in [2.05, 4.69) is 17.2 Å². The second kappa shape index (κ2) is 5.65. The molecule has 1 fully saturated rings. The predicted octanol–water partition coefficient (Wildman–Crippen LogP) is 1.42. The topological polar surface area (TPSA) is 55.1 Å². The van der Waals surface area contributed by atoms with Crippen molar-refractivity contribution in [2.24, 2.45) is 5.73 Å². The zero-order valence-electron chi connectivity index (χ0n) is 10.0. The lowest BCUT2D eigenvalue weighted by atomic mass is 9.93. The fraction of sp³-hybridized carbons (Fsp3) is 0.357. The molecule has 0 atom stereocenters. The molecule has 1 aliphatic rings. The molecule has 0 bridgehead atoms. The van der Waals surface area contributed by atoms with Gasteiger partial charge in [-0.2, -0.15) is 0 Å². The van der Waals surface area contributed by atoms with Crippen molar-refractivity contribution in [3.05, 3.63) is 35.1 Å². The van der Waals surface area contributed by atoms with E-state index in [1.165, 1.54) is 18.2 Å². The third-order valence-corrected chi connectivity index (χ3v) is 2.99. The summed E-state index contributed by atoms with van der Waals surface area (Å²) in [6.07, 6.45) is 3.06. The summed E-state index contributed by atoms with van der Waals surface area (Å²) < 4.78 is 13.6. The first kappa shape index (κ1) is 12.6. The van der Waals surface area contributed by atoms with Gasteiger partial charge in [0.25, 0.3) is 5.91 Å². The molecule has 1 aromatic carbocycles. The van der Waals surface area contributed by atoms with E-state index in [1.54, 1.807) is 0 Å². The molecule has 1 saturated carbocycles. The lowest BCUT2D eigenvalue weighted by molar-refractivity contribution is 0.0913. The molecule has 0 unspecified atom stereocenters. The number of benzene rings is 1. The summed E-state index contributed by atoms with van der Waals surface area (Å²) in [5, 5.41) is 2.80. The maximum absolute atomic E-state index is 13.6. The van der Waals surface area contributed by atoms with Crippen LogP contribution in [0.1, 0.15) is 35.2 Å². The maximum Gasteiger partial charge on any atom is 0.254 e. The van der Waals surface area contributed by atoms with Crippen LogP contribution in [0, 0.1) is 17.7 Å². The van der Waals surface area contributed by atoms with Crippen LogP contribution in [-0.2, 0) is 0 Å². The van der Waals surface area contributed by atoms with Crippen LogP contribution in [0.4, 0.5) is 4.39 Å². The Bertz CT molecular complexity index is 512. The first-order valence-electron chi connectivity index (χ1n) is 6.00. The smallest absolute Gasteiger partial charge is 0.254 e. The quantitative estimate of drug-likeness (QED) is 0.775. The van der Waals surface area contributed by atoms with Gasteiger partial charge in [0.05, 0.1) is 12.1 Å². The molecule has 1 aromatic rings. The van der Waals surface area contributed by atoms with Gasteiger partial charge in [0.2, 0.25) is 0 Å². The van der Waals surface area contributed by atoms with Crippen LogP contribution >= 0.6 is 0 Å². The van der Waals surface area contributed by atoms with Gasteiger partial charge in [0.1, 0.15) is 5.82 Å². The Hall–Kier alpha value is -1.86. The highest BCUT2D eigenvalue weighted by atomic mass is 19.1. The molecule has 0 heterocycles. The van der Waals surface area contributed by atoms with Gasteiger partial charge >= 0.3 is 0 Å². The lowest BCUT2D eigenvalue weighted by Gasteiger charge is -2.26. The number of carbonyl (C=O) groups excluding carboxylic acids is 1. The van der Waals surface area contributed by atoms with Gasteiger partial charge in [-0.05, 0) is 37.5 Å².